The Morgan fingerprint density at radius 2 is 1.68 bits per heavy atom. The predicted octanol–water partition coefficient (Wildman–Crippen LogP) is 5.11. The molecule has 0 radical (unpaired) electrons. The van der Waals surface area contributed by atoms with Gasteiger partial charge in [-0.05, 0) is 86.5 Å². The van der Waals surface area contributed by atoms with Gasteiger partial charge >= 0.3 is 5.97 Å². The fourth-order valence-electron chi connectivity index (χ4n) is 2.85. The third kappa shape index (κ3) is 6.48. The van der Waals surface area contributed by atoms with E-state index in [0.29, 0.717) is 32.8 Å². The van der Waals surface area contributed by atoms with E-state index in [9.17, 15) is 9.59 Å². The number of nitrogens with zero attached hydrogens (tertiary/aromatic N) is 1. The van der Waals surface area contributed by atoms with Gasteiger partial charge in [-0.2, -0.15) is 5.10 Å². The first-order valence-corrected chi connectivity index (χ1v) is 11.7. The van der Waals surface area contributed by atoms with E-state index in [1.54, 1.807) is 49.6 Å². The summed E-state index contributed by atoms with van der Waals surface area (Å²) in [6, 6.07) is 15.0. The summed E-state index contributed by atoms with van der Waals surface area (Å²) in [7, 11) is 3.06. The number of ether oxygens (including phenoxy) is 3. The molecule has 3 aromatic rings. The summed E-state index contributed by atoms with van der Waals surface area (Å²) in [6.07, 6.45) is 1.49. The molecule has 8 nitrogen and oxygen atoms in total. The zero-order valence-electron chi connectivity index (χ0n) is 18.2. The van der Waals surface area contributed by atoms with E-state index in [2.05, 4.69) is 49.0 Å². The first-order chi connectivity index (χ1) is 16.3. The maximum Gasteiger partial charge on any atom is 0.335 e. The van der Waals surface area contributed by atoms with Crippen LogP contribution >= 0.6 is 38.5 Å². The minimum Gasteiger partial charge on any atom is -0.496 e. The molecule has 0 aliphatic carbocycles. The van der Waals surface area contributed by atoms with Crippen LogP contribution in [0.3, 0.4) is 0 Å². The Balaban J connectivity index is 1.68. The second kappa shape index (κ2) is 11.8. The standard InChI is InChI=1S/C24H20BrIN2O6/c1-32-20-9-16(7-8-19(20)26)23(29)28-27-12-17-10-21(33-2)22(11-18(17)25)34-13-14-3-5-15(6-4-14)24(30)31/h3-12H,13H2,1-2H3,(H,28,29)(H,30,31)/b27-12-. The van der Waals surface area contributed by atoms with Crippen LogP contribution in [-0.4, -0.2) is 37.4 Å². The van der Waals surface area contributed by atoms with E-state index in [-0.39, 0.29) is 18.1 Å². The van der Waals surface area contributed by atoms with Crippen molar-refractivity contribution in [3.05, 3.63) is 84.9 Å². The van der Waals surface area contributed by atoms with Crippen LogP contribution in [0.2, 0.25) is 0 Å². The Morgan fingerprint density at radius 1 is 1.00 bits per heavy atom. The number of hydrazone groups is 1. The number of hydrogen-bond acceptors (Lipinski definition) is 6. The molecule has 0 aliphatic heterocycles. The molecule has 1 amide bonds. The molecular weight excluding hydrogens is 619 g/mol. The molecule has 0 saturated heterocycles. The van der Waals surface area contributed by atoms with Crippen LogP contribution in [0.25, 0.3) is 0 Å². The summed E-state index contributed by atoms with van der Waals surface area (Å²) in [5.41, 5.74) is 4.60. The fourth-order valence-corrected chi connectivity index (χ4v) is 3.83. The number of hydrogen-bond donors (Lipinski definition) is 2. The van der Waals surface area contributed by atoms with Crippen LogP contribution in [-0.2, 0) is 6.61 Å². The molecule has 0 fully saturated rings. The van der Waals surface area contributed by atoms with Crippen molar-refractivity contribution in [3.8, 4) is 17.2 Å². The van der Waals surface area contributed by atoms with Crippen molar-refractivity contribution in [2.75, 3.05) is 14.2 Å². The smallest absolute Gasteiger partial charge is 0.335 e. The number of aromatic carboxylic acids is 1. The van der Waals surface area contributed by atoms with Gasteiger partial charge in [-0.15, -0.1) is 0 Å². The first kappa shape index (κ1) is 25.5. The molecular formula is C24H20BrIN2O6. The van der Waals surface area contributed by atoms with E-state index >= 15 is 0 Å². The summed E-state index contributed by atoms with van der Waals surface area (Å²) in [6.45, 7) is 0.228. The monoisotopic (exact) mass is 638 g/mol. The van der Waals surface area contributed by atoms with E-state index < -0.39 is 5.97 Å². The Morgan fingerprint density at radius 3 is 2.32 bits per heavy atom. The van der Waals surface area contributed by atoms with Crippen molar-refractivity contribution in [1.29, 1.82) is 0 Å². The van der Waals surface area contributed by atoms with Gasteiger partial charge in [0.05, 0.1) is 29.6 Å². The maximum atomic E-state index is 12.4. The van der Waals surface area contributed by atoms with E-state index in [1.807, 2.05) is 0 Å². The van der Waals surface area contributed by atoms with Gasteiger partial charge in [0.25, 0.3) is 5.91 Å². The van der Waals surface area contributed by atoms with Crippen LogP contribution in [0, 0.1) is 3.57 Å². The molecule has 0 aromatic heterocycles. The first-order valence-electron chi connectivity index (χ1n) is 9.82. The van der Waals surface area contributed by atoms with Crippen LogP contribution in [0.1, 0.15) is 31.8 Å². The Labute approximate surface area is 218 Å². The van der Waals surface area contributed by atoms with E-state index in [0.717, 1.165) is 9.13 Å². The van der Waals surface area contributed by atoms with Crippen molar-refractivity contribution >= 4 is 56.6 Å². The summed E-state index contributed by atoms with van der Waals surface area (Å²) >= 11 is 5.61. The molecule has 0 aliphatic rings. The third-order valence-corrected chi connectivity index (χ3v) is 6.24. The lowest BCUT2D eigenvalue weighted by atomic mass is 10.1. The minimum atomic E-state index is -0.982. The predicted molar refractivity (Wildman–Crippen MR) is 139 cm³/mol. The fraction of sp³-hybridized carbons (Fsp3) is 0.125. The van der Waals surface area contributed by atoms with Gasteiger partial charge < -0.3 is 19.3 Å². The Hall–Kier alpha value is -3.12. The zero-order valence-corrected chi connectivity index (χ0v) is 21.9. The molecule has 0 unspecified atom stereocenters. The highest BCUT2D eigenvalue weighted by atomic mass is 127. The van der Waals surface area contributed by atoms with Crippen molar-refractivity contribution in [1.82, 2.24) is 5.43 Å². The molecule has 3 rings (SSSR count). The highest BCUT2D eigenvalue weighted by Crippen LogP contribution is 2.33. The van der Waals surface area contributed by atoms with E-state index in [4.69, 9.17) is 19.3 Å². The van der Waals surface area contributed by atoms with Crippen LogP contribution in [0.5, 0.6) is 17.2 Å². The lowest BCUT2D eigenvalue weighted by molar-refractivity contribution is 0.0696. The number of amides is 1. The van der Waals surface area contributed by atoms with Gasteiger partial charge in [0.15, 0.2) is 11.5 Å². The number of carbonyl (C=O) groups is 2. The molecule has 0 atom stereocenters. The number of carbonyl (C=O) groups excluding carboxylic acids is 1. The molecule has 0 heterocycles. The highest BCUT2D eigenvalue weighted by Gasteiger charge is 2.12. The minimum absolute atomic E-state index is 0.209. The van der Waals surface area contributed by atoms with Crippen LogP contribution in [0.4, 0.5) is 0 Å². The van der Waals surface area contributed by atoms with Gasteiger partial charge in [-0.3, -0.25) is 4.79 Å². The summed E-state index contributed by atoms with van der Waals surface area (Å²) in [5.74, 6) is 0.218. The number of nitrogens with one attached hydrogen (secondary N) is 1. The topological polar surface area (TPSA) is 106 Å². The number of halogens is 2. The molecule has 2 N–H and O–H groups in total. The second-order valence-electron chi connectivity index (χ2n) is 6.86. The van der Waals surface area contributed by atoms with Crippen LogP contribution < -0.4 is 19.6 Å². The van der Waals surface area contributed by atoms with Crippen molar-refractivity contribution in [2.45, 2.75) is 6.61 Å². The second-order valence-corrected chi connectivity index (χ2v) is 8.88. The Kier molecular flexibility index (Phi) is 8.88. The Bertz CT molecular complexity index is 1230. The van der Waals surface area contributed by atoms with Gasteiger partial charge in [0.2, 0.25) is 0 Å². The molecule has 34 heavy (non-hydrogen) atoms. The van der Waals surface area contributed by atoms with Crippen molar-refractivity contribution < 1.29 is 28.9 Å². The SMILES string of the molecule is COc1cc(C(=O)N/N=C\c2cc(OC)c(OCc3ccc(C(=O)O)cc3)cc2Br)ccc1I. The summed E-state index contributed by atoms with van der Waals surface area (Å²) in [5, 5.41) is 13.0. The number of carboxylic acids is 1. The average Bonchev–Trinajstić information content (AvgIpc) is 2.84. The number of carboxylic acid groups (broad SMARTS) is 1. The van der Waals surface area contributed by atoms with Gasteiger partial charge in [0, 0.05) is 15.6 Å². The average molecular weight is 639 g/mol. The van der Waals surface area contributed by atoms with E-state index in [1.165, 1.54) is 25.5 Å². The lowest BCUT2D eigenvalue weighted by Crippen LogP contribution is -2.17. The largest absolute Gasteiger partial charge is 0.496 e. The molecule has 0 saturated carbocycles. The van der Waals surface area contributed by atoms with Crippen molar-refractivity contribution in [2.24, 2.45) is 5.10 Å². The highest BCUT2D eigenvalue weighted by molar-refractivity contribution is 14.1. The van der Waals surface area contributed by atoms with Crippen molar-refractivity contribution in [3.63, 3.8) is 0 Å². The number of methoxy groups -OCH3 is 2. The number of rotatable bonds is 9. The normalized spacial score (nSPS) is 10.7. The molecule has 10 heteroatoms. The summed E-state index contributed by atoms with van der Waals surface area (Å²) in [4.78, 5) is 23.4. The lowest BCUT2D eigenvalue weighted by Gasteiger charge is -2.13. The van der Waals surface area contributed by atoms with Crippen LogP contribution in [0.15, 0.2) is 64.2 Å². The van der Waals surface area contributed by atoms with Gasteiger partial charge in [-0.25, -0.2) is 10.2 Å². The summed E-state index contributed by atoms with van der Waals surface area (Å²) < 4.78 is 18.1. The third-order valence-electron chi connectivity index (χ3n) is 4.66. The van der Waals surface area contributed by atoms with Gasteiger partial charge in [0.1, 0.15) is 12.4 Å². The van der Waals surface area contributed by atoms with Gasteiger partial charge in [-0.1, -0.05) is 12.1 Å². The molecule has 176 valence electrons. The maximum absolute atomic E-state index is 12.4. The number of benzene rings is 3. The molecule has 0 bridgehead atoms. The molecule has 3 aromatic carbocycles. The molecule has 0 spiro atoms. The zero-order chi connectivity index (χ0) is 24.7. The quantitative estimate of drug-likeness (QED) is 0.192.